The van der Waals surface area contributed by atoms with Gasteiger partial charge in [0.15, 0.2) is 0 Å². The highest BCUT2D eigenvalue weighted by Gasteiger charge is 2.51. The highest BCUT2D eigenvalue weighted by atomic mass is 16.5. The summed E-state index contributed by atoms with van der Waals surface area (Å²) < 4.78 is 5.23. The minimum absolute atomic E-state index is 0.209. The number of aliphatic hydroxyl groups excluding tert-OH is 1. The Kier molecular flexibility index (Phi) is 4.87. The number of carbonyl (C=O) groups excluding carboxylic acids is 1. The van der Waals surface area contributed by atoms with Crippen LogP contribution in [0.25, 0.3) is 0 Å². The van der Waals surface area contributed by atoms with Gasteiger partial charge < -0.3 is 20.1 Å². The molecule has 2 aromatic rings. The van der Waals surface area contributed by atoms with Crippen LogP contribution < -0.4 is 10.1 Å². The minimum Gasteiger partial charge on any atom is -0.495 e. The number of hydrogen-bond donors (Lipinski definition) is 2. The maximum absolute atomic E-state index is 12.7. The van der Waals surface area contributed by atoms with Gasteiger partial charge in [-0.15, -0.1) is 0 Å². The largest absolute Gasteiger partial charge is 0.495 e. The van der Waals surface area contributed by atoms with Crippen LogP contribution in [0.2, 0.25) is 0 Å². The monoisotopic (exact) mass is 337 g/mol. The molecule has 128 valence electrons. The van der Waals surface area contributed by atoms with E-state index in [9.17, 15) is 15.2 Å². The number of amides is 2. The summed E-state index contributed by atoms with van der Waals surface area (Å²) in [5.41, 5.74) is 1.46. The molecule has 0 bridgehead atoms. The van der Waals surface area contributed by atoms with E-state index in [0.717, 1.165) is 5.56 Å². The summed E-state index contributed by atoms with van der Waals surface area (Å²) >= 11 is 0. The molecule has 0 aromatic heterocycles. The first-order chi connectivity index (χ1) is 12.2. The third-order valence-corrected chi connectivity index (χ3v) is 4.50. The van der Waals surface area contributed by atoms with Gasteiger partial charge in [-0.25, -0.2) is 4.79 Å². The summed E-state index contributed by atoms with van der Waals surface area (Å²) in [5, 5.41) is 22.1. The molecule has 6 heteroatoms. The second-order valence-corrected chi connectivity index (χ2v) is 5.80. The molecule has 0 aliphatic carbocycles. The predicted molar refractivity (Wildman–Crippen MR) is 93.3 cm³/mol. The molecule has 1 aliphatic heterocycles. The van der Waals surface area contributed by atoms with Gasteiger partial charge in [-0.05, 0) is 17.7 Å². The van der Waals surface area contributed by atoms with E-state index in [1.807, 2.05) is 30.3 Å². The lowest BCUT2D eigenvalue weighted by Crippen LogP contribution is -2.66. The first-order valence-electron chi connectivity index (χ1n) is 7.99. The zero-order chi connectivity index (χ0) is 17.8. The van der Waals surface area contributed by atoms with Crippen molar-refractivity contribution < 1.29 is 14.6 Å². The average Bonchev–Trinajstić information content (AvgIpc) is 2.63. The molecule has 1 saturated heterocycles. The summed E-state index contributed by atoms with van der Waals surface area (Å²) in [4.78, 5) is 14.1. The topological polar surface area (TPSA) is 85.6 Å². The van der Waals surface area contributed by atoms with Crippen molar-refractivity contribution in [1.82, 2.24) is 4.90 Å². The standard InChI is InChI=1S/C19H19N3O3/c1-25-17-10-6-5-9-14(17)21-19(24)22-15(11-20)18(16(22)12-23)13-7-3-2-4-8-13/h2-10,15-16,18,23H,12H2,1H3,(H,21,24)/t15-,16-,18+/m0/s1. The second-order valence-electron chi connectivity index (χ2n) is 5.80. The maximum Gasteiger partial charge on any atom is 0.323 e. The van der Waals surface area contributed by atoms with Crippen molar-refractivity contribution in [2.75, 3.05) is 19.0 Å². The number of aliphatic hydroxyl groups is 1. The second kappa shape index (κ2) is 7.24. The number of ether oxygens (including phenoxy) is 1. The van der Waals surface area contributed by atoms with E-state index < -0.39 is 18.1 Å². The molecule has 0 saturated carbocycles. The van der Waals surface area contributed by atoms with E-state index in [2.05, 4.69) is 11.4 Å². The molecule has 0 radical (unpaired) electrons. The van der Waals surface area contributed by atoms with Crippen molar-refractivity contribution in [3.63, 3.8) is 0 Å². The number of urea groups is 1. The Bertz CT molecular complexity index is 788. The van der Waals surface area contributed by atoms with Crippen molar-refractivity contribution in [2.24, 2.45) is 0 Å². The fraction of sp³-hybridized carbons (Fsp3) is 0.263. The lowest BCUT2D eigenvalue weighted by Gasteiger charge is -2.51. The Balaban J connectivity index is 1.82. The van der Waals surface area contributed by atoms with Crippen LogP contribution >= 0.6 is 0 Å². The molecule has 3 atom stereocenters. The van der Waals surface area contributed by atoms with Gasteiger partial charge in [-0.2, -0.15) is 5.26 Å². The SMILES string of the molecule is COc1ccccc1NC(=O)N1[C@@H](C#N)[C@@H](c2ccccc2)[C@@H]1CO. The maximum atomic E-state index is 12.7. The van der Waals surface area contributed by atoms with E-state index in [1.165, 1.54) is 12.0 Å². The molecule has 1 aliphatic rings. The van der Waals surface area contributed by atoms with Crippen LogP contribution in [0.1, 0.15) is 11.5 Å². The molecule has 6 nitrogen and oxygen atoms in total. The van der Waals surface area contributed by atoms with Gasteiger partial charge in [0.1, 0.15) is 11.8 Å². The van der Waals surface area contributed by atoms with Gasteiger partial charge in [0.25, 0.3) is 0 Å². The Morgan fingerprint density at radius 2 is 1.92 bits per heavy atom. The number of benzene rings is 2. The van der Waals surface area contributed by atoms with Crippen molar-refractivity contribution in [3.05, 3.63) is 60.2 Å². The number of methoxy groups -OCH3 is 1. The number of para-hydroxylation sites is 2. The molecule has 1 fully saturated rings. The van der Waals surface area contributed by atoms with Gasteiger partial charge in [0.05, 0.1) is 31.5 Å². The van der Waals surface area contributed by atoms with Crippen LogP contribution in [0.5, 0.6) is 5.75 Å². The number of hydrogen-bond acceptors (Lipinski definition) is 4. The predicted octanol–water partition coefficient (Wildman–Crippen LogP) is 2.58. The molecule has 25 heavy (non-hydrogen) atoms. The molecular formula is C19H19N3O3. The van der Waals surface area contributed by atoms with Crippen LogP contribution in [0.15, 0.2) is 54.6 Å². The summed E-state index contributed by atoms with van der Waals surface area (Å²) in [5.74, 6) is 0.324. The van der Waals surface area contributed by atoms with Crippen LogP contribution in [-0.2, 0) is 0 Å². The van der Waals surface area contributed by atoms with Crippen LogP contribution in [0.4, 0.5) is 10.5 Å². The number of likely N-dealkylation sites (tertiary alicyclic amines) is 1. The lowest BCUT2D eigenvalue weighted by molar-refractivity contribution is 0.0223. The summed E-state index contributed by atoms with van der Waals surface area (Å²) in [6.45, 7) is -0.211. The highest BCUT2D eigenvalue weighted by molar-refractivity contribution is 5.92. The van der Waals surface area contributed by atoms with Crippen molar-refractivity contribution in [3.8, 4) is 11.8 Å². The van der Waals surface area contributed by atoms with Crippen LogP contribution in [-0.4, -0.2) is 41.8 Å². The number of nitriles is 1. The van der Waals surface area contributed by atoms with Gasteiger partial charge in [0.2, 0.25) is 0 Å². The zero-order valence-corrected chi connectivity index (χ0v) is 13.8. The molecule has 2 amide bonds. The number of carbonyl (C=O) groups is 1. The number of nitrogens with one attached hydrogen (secondary N) is 1. The van der Waals surface area contributed by atoms with E-state index >= 15 is 0 Å². The van der Waals surface area contributed by atoms with Crippen LogP contribution in [0.3, 0.4) is 0 Å². The number of rotatable bonds is 4. The van der Waals surface area contributed by atoms with Gasteiger partial charge in [0, 0.05) is 5.92 Å². The molecule has 0 unspecified atom stereocenters. The zero-order valence-electron chi connectivity index (χ0n) is 13.8. The van der Waals surface area contributed by atoms with Gasteiger partial charge in [-0.3, -0.25) is 0 Å². The fourth-order valence-electron chi connectivity index (χ4n) is 3.29. The fourth-order valence-corrected chi connectivity index (χ4v) is 3.29. The van der Waals surface area contributed by atoms with E-state index in [4.69, 9.17) is 4.74 Å². The Morgan fingerprint density at radius 3 is 2.56 bits per heavy atom. The molecular weight excluding hydrogens is 318 g/mol. The first-order valence-corrected chi connectivity index (χ1v) is 7.99. The molecule has 2 aromatic carbocycles. The Labute approximate surface area is 146 Å². The quantitative estimate of drug-likeness (QED) is 0.898. The number of anilines is 1. The third-order valence-electron chi connectivity index (χ3n) is 4.50. The smallest absolute Gasteiger partial charge is 0.323 e. The van der Waals surface area contributed by atoms with Gasteiger partial charge >= 0.3 is 6.03 Å². The molecule has 3 rings (SSSR count). The van der Waals surface area contributed by atoms with E-state index in [0.29, 0.717) is 11.4 Å². The van der Waals surface area contributed by atoms with E-state index in [1.54, 1.807) is 24.3 Å². The molecule has 2 N–H and O–H groups in total. The van der Waals surface area contributed by atoms with Crippen molar-refractivity contribution >= 4 is 11.7 Å². The van der Waals surface area contributed by atoms with Crippen molar-refractivity contribution in [2.45, 2.75) is 18.0 Å². The summed E-state index contributed by atoms with van der Waals surface area (Å²) in [7, 11) is 1.52. The summed E-state index contributed by atoms with van der Waals surface area (Å²) in [6, 6.07) is 17.2. The molecule has 1 heterocycles. The van der Waals surface area contributed by atoms with Crippen molar-refractivity contribution in [1.29, 1.82) is 5.26 Å². The minimum atomic E-state index is -0.630. The summed E-state index contributed by atoms with van der Waals surface area (Å²) in [6.07, 6.45) is 0. The lowest BCUT2D eigenvalue weighted by atomic mass is 9.76. The van der Waals surface area contributed by atoms with Gasteiger partial charge in [-0.1, -0.05) is 42.5 Å². The third kappa shape index (κ3) is 3.02. The van der Waals surface area contributed by atoms with Crippen LogP contribution in [0, 0.1) is 11.3 Å². The number of nitrogens with zero attached hydrogens (tertiary/aromatic N) is 2. The normalized spacial score (nSPS) is 21.8. The average molecular weight is 337 g/mol. The van der Waals surface area contributed by atoms with E-state index in [-0.39, 0.29) is 12.5 Å². The first kappa shape index (κ1) is 16.8. The highest BCUT2D eigenvalue weighted by Crippen LogP contribution is 2.40. The Morgan fingerprint density at radius 1 is 1.24 bits per heavy atom. The Hall–Kier alpha value is -3.04. The molecule has 0 spiro atoms.